The number of hydrogen-bond acceptors (Lipinski definition) is 4. The lowest BCUT2D eigenvalue weighted by atomic mass is 10.2. The highest BCUT2D eigenvalue weighted by atomic mass is 16.5. The van der Waals surface area contributed by atoms with Gasteiger partial charge in [0.2, 0.25) is 5.91 Å². The van der Waals surface area contributed by atoms with E-state index in [0.717, 1.165) is 0 Å². The normalized spacial score (nSPS) is 20.7. The van der Waals surface area contributed by atoms with Crippen LogP contribution in [-0.2, 0) is 14.3 Å². The molecule has 1 rings (SSSR count). The van der Waals surface area contributed by atoms with E-state index in [-0.39, 0.29) is 12.3 Å². The molecule has 1 aliphatic rings. The molecule has 0 radical (unpaired) electrons. The first-order valence-electron chi connectivity index (χ1n) is 4.45. The summed E-state index contributed by atoms with van der Waals surface area (Å²) in [6.45, 7) is 0.315. The summed E-state index contributed by atoms with van der Waals surface area (Å²) >= 11 is 0. The molecule has 1 atom stereocenters. The predicted octanol–water partition coefficient (Wildman–Crippen LogP) is 0.0641. The second-order valence-corrected chi connectivity index (χ2v) is 3.07. The van der Waals surface area contributed by atoms with Crippen LogP contribution in [0.2, 0.25) is 0 Å². The minimum absolute atomic E-state index is 0.0735. The smallest absolute Gasteiger partial charge is 0.328 e. The molecule has 0 bridgehead atoms. The van der Waals surface area contributed by atoms with E-state index < -0.39 is 12.0 Å². The van der Waals surface area contributed by atoms with Crippen molar-refractivity contribution >= 4 is 11.9 Å². The van der Waals surface area contributed by atoms with E-state index >= 15 is 0 Å². The number of methoxy groups -OCH3 is 1. The second-order valence-electron chi connectivity index (χ2n) is 3.07. The average Bonchev–Trinajstić information content (AvgIpc) is 2.56. The van der Waals surface area contributed by atoms with E-state index in [0.29, 0.717) is 19.4 Å². The molecule has 5 nitrogen and oxygen atoms in total. The van der Waals surface area contributed by atoms with E-state index in [1.54, 1.807) is 0 Å². The summed E-state index contributed by atoms with van der Waals surface area (Å²) in [6, 6.07) is 1.46. The van der Waals surface area contributed by atoms with Crippen LogP contribution in [0.5, 0.6) is 0 Å². The van der Waals surface area contributed by atoms with Crippen molar-refractivity contribution < 1.29 is 14.3 Å². The van der Waals surface area contributed by atoms with Gasteiger partial charge in [-0.05, 0) is 6.42 Å². The SMILES string of the molecule is COC(=O)C1CCC(=O)N1CCC#N. The highest BCUT2D eigenvalue weighted by molar-refractivity contribution is 5.88. The summed E-state index contributed by atoms with van der Waals surface area (Å²) in [6.07, 6.45) is 1.11. The van der Waals surface area contributed by atoms with Crippen LogP contribution in [0.25, 0.3) is 0 Å². The first-order chi connectivity index (χ1) is 6.70. The number of esters is 1. The van der Waals surface area contributed by atoms with Gasteiger partial charge < -0.3 is 9.64 Å². The fourth-order valence-corrected chi connectivity index (χ4v) is 1.57. The highest BCUT2D eigenvalue weighted by Crippen LogP contribution is 2.19. The third-order valence-electron chi connectivity index (χ3n) is 2.27. The van der Waals surface area contributed by atoms with Crippen LogP contribution in [0.4, 0.5) is 0 Å². The Morgan fingerprint density at radius 2 is 2.50 bits per heavy atom. The molecule has 0 N–H and O–H groups in total. The summed E-state index contributed by atoms with van der Waals surface area (Å²) in [4.78, 5) is 24.0. The minimum Gasteiger partial charge on any atom is -0.467 e. The lowest BCUT2D eigenvalue weighted by molar-refractivity contribution is -0.149. The van der Waals surface area contributed by atoms with Crippen LogP contribution < -0.4 is 0 Å². The summed E-state index contributed by atoms with van der Waals surface area (Å²) in [7, 11) is 1.30. The summed E-state index contributed by atoms with van der Waals surface area (Å²) < 4.78 is 4.58. The van der Waals surface area contributed by atoms with Gasteiger partial charge in [-0.2, -0.15) is 5.26 Å². The van der Waals surface area contributed by atoms with Crippen molar-refractivity contribution in [1.82, 2.24) is 4.90 Å². The molecule has 1 heterocycles. The molecule has 0 aromatic heterocycles. The van der Waals surface area contributed by atoms with Crippen molar-refractivity contribution in [1.29, 1.82) is 5.26 Å². The monoisotopic (exact) mass is 196 g/mol. The molecule has 0 saturated carbocycles. The van der Waals surface area contributed by atoms with Gasteiger partial charge in [-0.25, -0.2) is 4.79 Å². The maximum Gasteiger partial charge on any atom is 0.328 e. The zero-order valence-corrected chi connectivity index (χ0v) is 8.02. The Labute approximate surface area is 82.2 Å². The zero-order chi connectivity index (χ0) is 10.6. The quantitative estimate of drug-likeness (QED) is 0.598. The molecule has 5 heteroatoms. The Balaban J connectivity index is 2.62. The van der Waals surface area contributed by atoms with E-state index in [4.69, 9.17) is 5.26 Å². The number of ether oxygens (including phenoxy) is 1. The molecule has 14 heavy (non-hydrogen) atoms. The van der Waals surface area contributed by atoms with Crippen LogP contribution in [0.1, 0.15) is 19.3 Å². The number of nitriles is 1. The van der Waals surface area contributed by atoms with Gasteiger partial charge in [-0.1, -0.05) is 0 Å². The zero-order valence-electron chi connectivity index (χ0n) is 8.02. The number of amides is 1. The Morgan fingerprint density at radius 3 is 3.07 bits per heavy atom. The van der Waals surface area contributed by atoms with E-state index in [2.05, 4.69) is 4.74 Å². The van der Waals surface area contributed by atoms with Crippen molar-refractivity contribution in [2.24, 2.45) is 0 Å². The number of carbonyl (C=O) groups is 2. The van der Waals surface area contributed by atoms with Gasteiger partial charge in [-0.15, -0.1) is 0 Å². The standard InChI is InChI=1S/C9H12N2O3/c1-14-9(13)7-3-4-8(12)11(7)6-2-5-10/h7H,2-4,6H2,1H3. The van der Waals surface area contributed by atoms with Crippen molar-refractivity contribution in [3.05, 3.63) is 0 Å². The number of hydrogen-bond donors (Lipinski definition) is 0. The lowest BCUT2D eigenvalue weighted by Gasteiger charge is -2.21. The first kappa shape index (κ1) is 10.5. The van der Waals surface area contributed by atoms with Gasteiger partial charge >= 0.3 is 5.97 Å². The van der Waals surface area contributed by atoms with Crippen molar-refractivity contribution in [3.63, 3.8) is 0 Å². The van der Waals surface area contributed by atoms with Gasteiger partial charge in [0.15, 0.2) is 0 Å². The summed E-state index contributed by atoms with van der Waals surface area (Å²) in [5.41, 5.74) is 0. The Bertz CT molecular complexity index is 282. The molecule has 1 amide bonds. The van der Waals surface area contributed by atoms with Crippen LogP contribution in [0.15, 0.2) is 0 Å². The van der Waals surface area contributed by atoms with Gasteiger partial charge in [0.25, 0.3) is 0 Å². The molecule has 0 aromatic rings. The third kappa shape index (κ3) is 2.02. The molecular formula is C9H12N2O3. The van der Waals surface area contributed by atoms with Gasteiger partial charge in [-0.3, -0.25) is 4.79 Å². The number of nitrogens with zero attached hydrogens (tertiary/aromatic N) is 2. The fraction of sp³-hybridized carbons (Fsp3) is 0.667. The number of rotatable bonds is 3. The molecule has 0 aromatic carbocycles. The predicted molar refractivity (Wildman–Crippen MR) is 47.0 cm³/mol. The highest BCUT2D eigenvalue weighted by Gasteiger charge is 2.36. The Kier molecular flexibility index (Phi) is 3.46. The maximum absolute atomic E-state index is 11.3. The van der Waals surface area contributed by atoms with E-state index in [1.807, 2.05) is 6.07 Å². The average molecular weight is 196 g/mol. The lowest BCUT2D eigenvalue weighted by Crippen LogP contribution is -2.39. The van der Waals surface area contributed by atoms with Crippen molar-refractivity contribution in [2.75, 3.05) is 13.7 Å². The van der Waals surface area contributed by atoms with Gasteiger partial charge in [0, 0.05) is 13.0 Å². The van der Waals surface area contributed by atoms with Gasteiger partial charge in [0.1, 0.15) is 6.04 Å². The Hall–Kier alpha value is -1.57. The van der Waals surface area contributed by atoms with Crippen LogP contribution in [0, 0.1) is 11.3 Å². The topological polar surface area (TPSA) is 70.4 Å². The van der Waals surface area contributed by atoms with E-state index in [9.17, 15) is 9.59 Å². The van der Waals surface area contributed by atoms with Crippen LogP contribution in [0.3, 0.4) is 0 Å². The van der Waals surface area contributed by atoms with Gasteiger partial charge in [0.05, 0.1) is 19.6 Å². The maximum atomic E-state index is 11.3. The first-order valence-corrected chi connectivity index (χ1v) is 4.45. The molecule has 0 aliphatic carbocycles. The molecule has 76 valence electrons. The van der Waals surface area contributed by atoms with Crippen molar-refractivity contribution in [3.8, 4) is 6.07 Å². The number of likely N-dealkylation sites (tertiary alicyclic amines) is 1. The number of carbonyl (C=O) groups excluding carboxylic acids is 2. The largest absolute Gasteiger partial charge is 0.467 e. The summed E-state index contributed by atoms with van der Waals surface area (Å²) in [5, 5.41) is 8.39. The van der Waals surface area contributed by atoms with Crippen LogP contribution in [-0.4, -0.2) is 36.5 Å². The van der Waals surface area contributed by atoms with E-state index in [1.165, 1.54) is 12.0 Å². The molecule has 1 fully saturated rings. The summed E-state index contributed by atoms with van der Waals surface area (Å²) in [5.74, 6) is -0.468. The second kappa shape index (κ2) is 4.61. The molecule has 1 aliphatic heterocycles. The Morgan fingerprint density at radius 1 is 1.79 bits per heavy atom. The van der Waals surface area contributed by atoms with Crippen molar-refractivity contribution in [2.45, 2.75) is 25.3 Å². The molecular weight excluding hydrogens is 184 g/mol. The minimum atomic E-state index is -0.485. The van der Waals surface area contributed by atoms with Crippen LogP contribution >= 0.6 is 0 Å². The fourth-order valence-electron chi connectivity index (χ4n) is 1.57. The molecule has 0 spiro atoms. The molecule has 1 unspecified atom stereocenters. The third-order valence-corrected chi connectivity index (χ3v) is 2.27. The molecule has 1 saturated heterocycles.